The zero-order valence-corrected chi connectivity index (χ0v) is 9.37. The van der Waals surface area contributed by atoms with E-state index in [0.717, 1.165) is 0 Å². The molecule has 0 aromatic carbocycles. The van der Waals surface area contributed by atoms with Gasteiger partial charge in [0.1, 0.15) is 5.15 Å². The average Bonchev–Trinajstić information content (AvgIpc) is 2.12. The lowest BCUT2D eigenvalue weighted by Gasteiger charge is -2.08. The van der Waals surface area contributed by atoms with Crippen LogP contribution in [0.2, 0.25) is 10.2 Å². The Morgan fingerprint density at radius 3 is 2.57 bits per heavy atom. The molecule has 0 aliphatic rings. The lowest BCUT2D eigenvalue weighted by molar-refractivity contribution is 0.0690. The van der Waals surface area contributed by atoms with E-state index in [-0.39, 0.29) is 21.6 Å². The lowest BCUT2D eigenvalue weighted by atomic mass is 10.3. The number of nitrogens with zero attached hydrogens (tertiary/aromatic N) is 1. The number of thioether (sulfide) groups is 1. The Bertz CT molecular complexity index is 398. The van der Waals surface area contributed by atoms with Crippen LogP contribution in [0.3, 0.4) is 0 Å². The molecular formula is C7H6Cl2N2O2S. The topological polar surface area (TPSA) is 76.2 Å². The van der Waals surface area contributed by atoms with Crippen molar-refractivity contribution in [2.45, 2.75) is 4.90 Å². The van der Waals surface area contributed by atoms with E-state index in [2.05, 4.69) is 4.98 Å². The fourth-order valence-corrected chi connectivity index (χ4v) is 2.10. The van der Waals surface area contributed by atoms with Crippen molar-refractivity contribution in [3.05, 3.63) is 15.9 Å². The van der Waals surface area contributed by atoms with Crippen LogP contribution in [0.5, 0.6) is 0 Å². The zero-order chi connectivity index (χ0) is 10.9. The van der Waals surface area contributed by atoms with Gasteiger partial charge in [-0.2, -0.15) is 0 Å². The summed E-state index contributed by atoms with van der Waals surface area (Å²) in [5.74, 6) is -1.25. The van der Waals surface area contributed by atoms with Crippen LogP contribution in [-0.4, -0.2) is 22.3 Å². The van der Waals surface area contributed by atoms with E-state index in [1.165, 1.54) is 11.8 Å². The number of pyridine rings is 1. The molecule has 0 amide bonds. The number of nitrogen functional groups attached to an aromatic ring is 1. The molecule has 0 atom stereocenters. The summed E-state index contributed by atoms with van der Waals surface area (Å²) in [7, 11) is 0. The normalized spacial score (nSPS) is 10.2. The van der Waals surface area contributed by atoms with E-state index in [0.29, 0.717) is 4.90 Å². The molecule has 0 aliphatic heterocycles. The third-order valence-electron chi connectivity index (χ3n) is 1.49. The van der Waals surface area contributed by atoms with Gasteiger partial charge in [-0.05, 0) is 6.26 Å². The van der Waals surface area contributed by atoms with Gasteiger partial charge in [-0.3, -0.25) is 0 Å². The van der Waals surface area contributed by atoms with E-state index in [1.54, 1.807) is 6.26 Å². The van der Waals surface area contributed by atoms with Crippen LogP contribution < -0.4 is 5.73 Å². The first-order chi connectivity index (χ1) is 6.49. The second-order valence-corrected chi connectivity index (χ2v) is 3.87. The predicted molar refractivity (Wildman–Crippen MR) is 57.4 cm³/mol. The molecule has 3 N–H and O–H groups in total. The summed E-state index contributed by atoms with van der Waals surface area (Å²) in [5.41, 5.74) is 5.41. The van der Waals surface area contributed by atoms with Crippen molar-refractivity contribution < 1.29 is 9.90 Å². The highest BCUT2D eigenvalue weighted by atomic mass is 35.5. The van der Waals surface area contributed by atoms with Crippen LogP contribution in [0.4, 0.5) is 5.69 Å². The number of hydrogen-bond donors (Lipinski definition) is 2. The van der Waals surface area contributed by atoms with Crippen molar-refractivity contribution in [3.63, 3.8) is 0 Å². The Labute approximate surface area is 94.4 Å². The molecule has 0 aliphatic carbocycles. The zero-order valence-electron chi connectivity index (χ0n) is 7.04. The number of halogens is 2. The van der Waals surface area contributed by atoms with E-state index < -0.39 is 5.97 Å². The summed E-state index contributed by atoms with van der Waals surface area (Å²) in [6.07, 6.45) is 1.75. The van der Waals surface area contributed by atoms with E-state index in [9.17, 15) is 4.79 Å². The standard InChI is InChI=1S/C7H6Cl2N2O2S/c1-14-5-3(10)2(8)4(7(12)13)11-6(5)9/h1H3,(H2,10,11)(H,12,13). The van der Waals surface area contributed by atoms with Gasteiger partial charge < -0.3 is 10.8 Å². The molecule has 14 heavy (non-hydrogen) atoms. The molecule has 0 radical (unpaired) electrons. The highest BCUT2D eigenvalue weighted by Crippen LogP contribution is 2.36. The number of carboxylic acids is 1. The Morgan fingerprint density at radius 2 is 2.14 bits per heavy atom. The molecule has 1 rings (SSSR count). The highest BCUT2D eigenvalue weighted by molar-refractivity contribution is 7.98. The Hall–Kier alpha value is -0.650. The molecule has 7 heteroatoms. The van der Waals surface area contributed by atoms with Gasteiger partial charge >= 0.3 is 5.97 Å². The van der Waals surface area contributed by atoms with Crippen molar-refractivity contribution in [1.82, 2.24) is 4.98 Å². The van der Waals surface area contributed by atoms with Gasteiger partial charge in [0, 0.05) is 0 Å². The average molecular weight is 253 g/mol. The summed E-state index contributed by atoms with van der Waals surface area (Å²) in [5, 5.41) is 8.69. The molecule has 0 saturated carbocycles. The van der Waals surface area contributed by atoms with Gasteiger partial charge in [-0.25, -0.2) is 9.78 Å². The van der Waals surface area contributed by atoms with Crippen molar-refractivity contribution in [3.8, 4) is 0 Å². The number of hydrogen-bond acceptors (Lipinski definition) is 4. The van der Waals surface area contributed by atoms with Crippen molar-refractivity contribution in [2.75, 3.05) is 12.0 Å². The van der Waals surface area contributed by atoms with Gasteiger partial charge in [0.2, 0.25) is 0 Å². The fraction of sp³-hybridized carbons (Fsp3) is 0.143. The van der Waals surface area contributed by atoms with E-state index in [4.69, 9.17) is 34.0 Å². The van der Waals surface area contributed by atoms with Crippen LogP contribution in [0, 0.1) is 0 Å². The molecule has 0 fully saturated rings. The highest BCUT2D eigenvalue weighted by Gasteiger charge is 2.19. The fourth-order valence-electron chi connectivity index (χ4n) is 0.872. The minimum absolute atomic E-state index is 0.0526. The molecule has 0 saturated heterocycles. The monoisotopic (exact) mass is 252 g/mol. The van der Waals surface area contributed by atoms with Gasteiger partial charge in [-0.15, -0.1) is 11.8 Å². The number of anilines is 1. The molecule has 0 bridgehead atoms. The number of rotatable bonds is 2. The summed E-state index contributed by atoms with van der Waals surface area (Å²) < 4.78 is 0. The van der Waals surface area contributed by atoms with Gasteiger partial charge in [0.25, 0.3) is 0 Å². The smallest absolute Gasteiger partial charge is 0.356 e. The summed E-state index contributed by atoms with van der Waals surface area (Å²) in [6.45, 7) is 0. The number of nitrogens with two attached hydrogens (primary N) is 1. The van der Waals surface area contributed by atoms with Crippen molar-refractivity contribution in [2.24, 2.45) is 0 Å². The summed E-state index contributed by atoms with van der Waals surface area (Å²) >= 11 is 12.7. The van der Waals surface area contributed by atoms with E-state index in [1.807, 2.05) is 0 Å². The maximum atomic E-state index is 10.7. The van der Waals surface area contributed by atoms with Crippen LogP contribution in [0.1, 0.15) is 10.5 Å². The van der Waals surface area contributed by atoms with Crippen molar-refractivity contribution in [1.29, 1.82) is 0 Å². The molecule has 4 nitrogen and oxygen atoms in total. The largest absolute Gasteiger partial charge is 0.476 e. The molecular weight excluding hydrogens is 247 g/mol. The molecule has 1 aromatic rings. The van der Waals surface area contributed by atoms with Crippen molar-refractivity contribution >= 4 is 46.6 Å². The Morgan fingerprint density at radius 1 is 1.57 bits per heavy atom. The maximum Gasteiger partial charge on any atom is 0.356 e. The van der Waals surface area contributed by atoms with Crippen LogP contribution >= 0.6 is 35.0 Å². The van der Waals surface area contributed by atoms with Crippen LogP contribution in [0.25, 0.3) is 0 Å². The number of aromatic nitrogens is 1. The molecule has 0 spiro atoms. The minimum Gasteiger partial charge on any atom is -0.476 e. The third kappa shape index (κ3) is 1.89. The predicted octanol–water partition coefficient (Wildman–Crippen LogP) is 2.39. The number of carbonyl (C=O) groups is 1. The maximum absolute atomic E-state index is 10.7. The van der Waals surface area contributed by atoms with Crippen LogP contribution in [-0.2, 0) is 0 Å². The van der Waals surface area contributed by atoms with E-state index >= 15 is 0 Å². The quantitative estimate of drug-likeness (QED) is 0.625. The molecule has 0 unspecified atom stereocenters. The molecule has 1 aromatic heterocycles. The first-order valence-corrected chi connectivity index (χ1v) is 5.38. The van der Waals surface area contributed by atoms with Gasteiger partial charge in [-0.1, -0.05) is 23.2 Å². The van der Waals surface area contributed by atoms with Gasteiger partial charge in [0.05, 0.1) is 15.6 Å². The molecule has 1 heterocycles. The minimum atomic E-state index is -1.25. The lowest BCUT2D eigenvalue weighted by Crippen LogP contribution is -2.05. The third-order valence-corrected chi connectivity index (χ3v) is 3.08. The second kappa shape index (κ2) is 4.25. The first kappa shape index (κ1) is 11.4. The summed E-state index contributed by atoms with van der Waals surface area (Å²) in [6, 6.07) is 0. The van der Waals surface area contributed by atoms with Crippen LogP contribution in [0.15, 0.2) is 4.90 Å². The Kier molecular flexibility index (Phi) is 3.47. The first-order valence-electron chi connectivity index (χ1n) is 3.40. The number of aromatic carboxylic acids is 1. The molecule has 76 valence electrons. The SMILES string of the molecule is CSc1c(Cl)nc(C(=O)O)c(Cl)c1N. The second-order valence-electron chi connectivity index (χ2n) is 2.32. The number of carboxylic acid groups (broad SMARTS) is 1. The van der Waals surface area contributed by atoms with Gasteiger partial charge in [0.15, 0.2) is 5.69 Å². The summed E-state index contributed by atoms with van der Waals surface area (Å²) in [4.78, 5) is 14.8. The Balaban J connectivity index is 3.47.